The monoisotopic (exact) mass is 1220 g/mol. The van der Waals surface area contributed by atoms with Crippen molar-refractivity contribution in [2.75, 3.05) is 12.4 Å². The number of thiazole rings is 1. The van der Waals surface area contributed by atoms with Crippen molar-refractivity contribution in [1.29, 1.82) is 0 Å². The summed E-state index contributed by atoms with van der Waals surface area (Å²) in [5.74, 6) is -2.34. The number of rotatable bonds is 16. The fraction of sp³-hybridized carbons (Fsp3) is 0.108. The molecule has 0 atom stereocenters. The first kappa shape index (κ1) is 60.4. The van der Waals surface area contributed by atoms with Crippen LogP contribution in [0.3, 0.4) is 0 Å². The topological polar surface area (TPSA) is 512 Å². The van der Waals surface area contributed by atoms with Crippen molar-refractivity contribution in [3.8, 4) is 23.1 Å². The Morgan fingerprint density at radius 2 is 1.22 bits per heavy atom. The van der Waals surface area contributed by atoms with E-state index in [0.717, 1.165) is 47.9 Å². The highest BCUT2D eigenvalue weighted by Crippen LogP contribution is 2.44. The van der Waals surface area contributed by atoms with Gasteiger partial charge in [0.05, 0.1) is 44.4 Å². The van der Waals surface area contributed by atoms with Gasteiger partial charge in [-0.05, 0) is 73.5 Å². The highest BCUT2D eigenvalue weighted by atomic mass is 35.5. The standard InChI is InChI=1S/C36H28ClN9O18S6.CO2.O3S/c1-17-9-27(29(64-7-2-8-66(49,50)51)15-26(17)42-45-36-39-32-30(65-36)10-18(37)11-31(32)69(58,59)60)43-40-24-5-4-23-22(33(24)47)3-6-25(34(23)70(61,62)63)41-44-28-16-38-46(35(28)48)19-12-20(67(52,53)54)14-21(13-19)68(55,56)57;2-1-3;1-4(2)3/h3-6,9-16,47-48H,2,7-8H2,1H3,(H,49,50,51)(H,52,53,54)(H,55,56,57)(H,58,59,60)(H,61,62,63);;. The molecule has 40 heteroatoms. The Kier molecular flexibility index (Phi) is 18.7. The van der Waals surface area contributed by atoms with Gasteiger partial charge in [0.25, 0.3) is 50.6 Å². The summed E-state index contributed by atoms with van der Waals surface area (Å²) in [4.78, 5) is 16.9. The maximum Gasteiger partial charge on any atom is 0.425 e. The lowest BCUT2D eigenvalue weighted by molar-refractivity contribution is -0.191. The Labute approximate surface area is 441 Å². The molecule has 32 nitrogen and oxygen atoms in total. The number of azo groups is 3. The molecule has 0 aliphatic rings. The van der Waals surface area contributed by atoms with Gasteiger partial charge in [0.2, 0.25) is 11.0 Å². The molecule has 5 aromatic carbocycles. The number of fused-ring (bicyclic) bond motifs is 2. The summed E-state index contributed by atoms with van der Waals surface area (Å²) in [6.07, 6.45) is 0.888. The van der Waals surface area contributed by atoms with Crippen LogP contribution in [0.25, 0.3) is 26.7 Å². The van der Waals surface area contributed by atoms with Crippen molar-refractivity contribution in [2.24, 2.45) is 30.7 Å². The molecule has 0 unspecified atom stereocenters. The van der Waals surface area contributed by atoms with E-state index in [1.54, 1.807) is 6.92 Å². The normalized spacial score (nSPS) is 12.4. The molecule has 2 aromatic heterocycles. The zero-order valence-electron chi connectivity index (χ0n) is 37.5. The molecule has 0 amide bonds. The van der Waals surface area contributed by atoms with Crippen LogP contribution in [-0.2, 0) is 70.8 Å². The zero-order valence-corrected chi connectivity index (χ0v) is 43.9. The van der Waals surface area contributed by atoms with Crippen LogP contribution >= 0.6 is 22.9 Å². The van der Waals surface area contributed by atoms with Crippen LogP contribution in [0.2, 0.25) is 5.02 Å². The van der Waals surface area contributed by atoms with E-state index in [1.165, 1.54) is 18.2 Å². The van der Waals surface area contributed by atoms with Crippen LogP contribution in [0.4, 0.5) is 33.6 Å². The second kappa shape index (κ2) is 23.8. The predicted octanol–water partition coefficient (Wildman–Crippen LogP) is 6.31. The van der Waals surface area contributed by atoms with Crippen molar-refractivity contribution in [1.82, 2.24) is 14.8 Å². The van der Waals surface area contributed by atoms with Crippen molar-refractivity contribution in [3.63, 3.8) is 0 Å². The van der Waals surface area contributed by atoms with E-state index in [2.05, 4.69) is 40.8 Å². The largest absolute Gasteiger partial charge is 0.505 e. The molecular weight excluding hydrogens is 1200 g/mol. The molecule has 0 spiro atoms. The quantitative estimate of drug-likeness (QED) is 0.0316. The van der Waals surface area contributed by atoms with Crippen LogP contribution in [-0.4, -0.2) is 121 Å². The van der Waals surface area contributed by atoms with Gasteiger partial charge in [0.15, 0.2) is 11.4 Å². The molecule has 0 saturated carbocycles. The van der Waals surface area contributed by atoms with Crippen LogP contribution < -0.4 is 4.74 Å². The highest BCUT2D eigenvalue weighted by Gasteiger charge is 2.25. The van der Waals surface area contributed by atoms with E-state index < -0.39 is 115 Å². The van der Waals surface area contributed by atoms with E-state index in [9.17, 15) is 75.1 Å². The second-order valence-corrected chi connectivity index (χ2v) is 23.5. The van der Waals surface area contributed by atoms with Gasteiger partial charge in [-0.15, -0.1) is 43.3 Å². The average Bonchev–Trinajstić information content (AvgIpc) is 3.89. The fourth-order valence-electron chi connectivity index (χ4n) is 6.23. The minimum absolute atomic E-state index is 0.00253. The van der Waals surface area contributed by atoms with E-state index >= 15 is 0 Å². The number of hydrogen-bond donors (Lipinski definition) is 7. The number of nitrogens with zero attached hydrogens (tertiary/aromatic N) is 9. The molecule has 0 aliphatic carbocycles. The van der Waals surface area contributed by atoms with Gasteiger partial charge in [-0.25, -0.2) is 4.98 Å². The van der Waals surface area contributed by atoms with Gasteiger partial charge in [0.1, 0.15) is 38.1 Å². The lowest BCUT2D eigenvalue weighted by atomic mass is 10.1. The summed E-state index contributed by atoms with van der Waals surface area (Å²) < 4.78 is 199. The van der Waals surface area contributed by atoms with E-state index in [-0.39, 0.29) is 73.1 Å². The number of aromatic hydroxyl groups is 2. The molecule has 0 saturated heterocycles. The number of benzene rings is 5. The van der Waals surface area contributed by atoms with E-state index in [4.69, 9.17) is 38.6 Å². The number of ether oxygens (including phenoxy) is 1. The maximum atomic E-state index is 12.8. The van der Waals surface area contributed by atoms with Gasteiger partial charge < -0.3 is 14.9 Å². The number of aromatic nitrogens is 3. The third-order valence-electron chi connectivity index (χ3n) is 9.32. The summed E-state index contributed by atoms with van der Waals surface area (Å²) >= 11 is 6.92. The van der Waals surface area contributed by atoms with Crippen molar-refractivity contribution in [2.45, 2.75) is 32.9 Å². The molecule has 0 bridgehead atoms. The number of carbonyl (C=O) groups excluding carboxylic acids is 2. The molecular formula is C37H28ClN9O23S7. The Bertz CT molecular complexity index is 4300. The van der Waals surface area contributed by atoms with Crippen molar-refractivity contribution in [3.05, 3.63) is 83.5 Å². The minimum Gasteiger partial charge on any atom is -0.505 e. The Morgan fingerprint density at radius 3 is 1.79 bits per heavy atom. The molecule has 0 aliphatic heterocycles. The van der Waals surface area contributed by atoms with Crippen molar-refractivity contribution < 1.29 is 102 Å². The second-order valence-electron chi connectivity index (χ2n) is 14.5. The van der Waals surface area contributed by atoms with Crippen LogP contribution in [0.15, 0.2) is 123 Å². The maximum absolute atomic E-state index is 12.8. The molecule has 408 valence electrons. The van der Waals surface area contributed by atoms with Gasteiger partial charge in [-0.1, -0.05) is 29.0 Å². The van der Waals surface area contributed by atoms with E-state index in [0.29, 0.717) is 28.4 Å². The molecule has 7 rings (SSSR count). The highest BCUT2D eigenvalue weighted by molar-refractivity contribution is 7.87. The number of halogens is 1. The first-order valence-electron chi connectivity index (χ1n) is 19.6. The van der Waals surface area contributed by atoms with Crippen LogP contribution in [0.5, 0.6) is 17.4 Å². The zero-order chi connectivity index (χ0) is 57.6. The molecule has 7 aromatic rings. The SMILES string of the molecule is Cc1cc(N=Nc2ccc3c(S(=O)(=O)O)c(N=Nc4cnn(-c5cc(S(=O)(=O)O)cc(S(=O)(=O)O)c5)c4O)ccc3c2O)c(OCCCS(=O)(=O)O)cc1N=Nc1nc2c(S(=O)(=O)O)cc(Cl)cc2s1.O=C=O.O=S(=O)=O. The summed E-state index contributed by atoms with van der Waals surface area (Å²) in [5, 5.41) is 49.3. The predicted molar refractivity (Wildman–Crippen MR) is 260 cm³/mol. The smallest absolute Gasteiger partial charge is 0.425 e. The summed E-state index contributed by atoms with van der Waals surface area (Å²) in [7, 11) is -27.5. The third-order valence-corrected chi connectivity index (χ3v) is 14.7. The molecule has 2 heterocycles. The minimum atomic E-state index is -5.20. The summed E-state index contributed by atoms with van der Waals surface area (Å²) in [6, 6.07) is 11.3. The molecule has 7 N–H and O–H groups in total. The van der Waals surface area contributed by atoms with E-state index in [1.807, 2.05) is 0 Å². The van der Waals surface area contributed by atoms with Gasteiger partial charge in [-0.2, -0.15) is 61.5 Å². The third kappa shape index (κ3) is 15.8. The van der Waals surface area contributed by atoms with Crippen LogP contribution in [0.1, 0.15) is 12.0 Å². The lowest BCUT2D eigenvalue weighted by Crippen LogP contribution is -2.08. The number of aryl methyl sites for hydroxylation is 1. The Hall–Kier alpha value is -7.50. The fourth-order valence-corrected chi connectivity index (χ4v) is 10.7. The Balaban J connectivity index is 0.00000147. The first-order chi connectivity index (χ1) is 35.6. The van der Waals surface area contributed by atoms with Crippen LogP contribution in [0, 0.1) is 6.92 Å². The van der Waals surface area contributed by atoms with Gasteiger partial charge in [0, 0.05) is 21.9 Å². The first-order valence-corrected chi connectivity index (χ1v) is 29.1. The summed E-state index contributed by atoms with van der Waals surface area (Å²) in [6.45, 7) is 1.29. The lowest BCUT2D eigenvalue weighted by Gasteiger charge is -2.11. The van der Waals surface area contributed by atoms with Crippen molar-refractivity contribution >= 4 is 145 Å². The molecule has 0 radical (unpaired) electrons. The molecule has 77 heavy (non-hydrogen) atoms. The number of phenols is 1. The number of phenolic OH excluding ortho intramolecular Hbond substituents is 1. The number of hydrogen-bond acceptors (Lipinski definition) is 27. The van der Waals surface area contributed by atoms with Gasteiger partial charge in [-0.3, -0.25) is 22.8 Å². The average molecular weight is 1230 g/mol. The molecule has 0 fully saturated rings. The summed E-state index contributed by atoms with van der Waals surface area (Å²) in [5.41, 5.74) is -1.50. The van der Waals surface area contributed by atoms with Gasteiger partial charge >= 0.3 is 16.8 Å². The Morgan fingerprint density at radius 1 is 0.675 bits per heavy atom.